The summed E-state index contributed by atoms with van der Waals surface area (Å²) in [5.74, 6) is -0.0288. The number of aliphatic carboxylic acids is 1. The van der Waals surface area contributed by atoms with Crippen molar-refractivity contribution in [3.8, 4) is 22.5 Å². The van der Waals surface area contributed by atoms with Crippen molar-refractivity contribution in [2.75, 3.05) is 6.26 Å². The van der Waals surface area contributed by atoms with Crippen LogP contribution in [0.5, 0.6) is 0 Å². The maximum Gasteiger partial charge on any atom is 0.314 e. The van der Waals surface area contributed by atoms with Crippen LogP contribution in [0.2, 0.25) is 0 Å². The highest BCUT2D eigenvalue weighted by Gasteiger charge is 2.51. The number of hydrogen-bond acceptors (Lipinski definition) is 5. The molecule has 2 N–H and O–H groups in total. The fraction of sp³-hybridized carbons (Fsp3) is 0.290. The third kappa shape index (κ3) is 5.97. The van der Waals surface area contributed by atoms with Crippen LogP contribution in [0, 0.1) is 6.92 Å². The Hall–Kier alpha value is -3.75. The van der Waals surface area contributed by atoms with Crippen molar-refractivity contribution in [3.05, 3.63) is 101 Å². The number of nitrogens with zero attached hydrogens (tertiary/aromatic N) is 1. The standard InChI is InChI=1S/C31H32N2O5S/c1-21-27(9-6-10-28(33-39(2,36)37)24-7-4-3-5-8-24)29(38-32-21)25-13-11-22(12-14-25)23-15-17-26(18-16-23)31(19-20-31)30(34)35/h3-5,7-8,11-18,28,33H,6,9-10,19-20H2,1-2H3,(H,34,35). The first-order chi connectivity index (χ1) is 18.7. The number of sulfonamides is 1. The number of carboxylic acid groups (broad SMARTS) is 1. The predicted molar refractivity (Wildman–Crippen MR) is 151 cm³/mol. The smallest absolute Gasteiger partial charge is 0.314 e. The Morgan fingerprint density at radius 2 is 1.56 bits per heavy atom. The van der Waals surface area contributed by atoms with Gasteiger partial charge in [0.1, 0.15) is 0 Å². The number of benzene rings is 3. The number of rotatable bonds is 11. The molecule has 0 bridgehead atoms. The van der Waals surface area contributed by atoms with Gasteiger partial charge in [0.2, 0.25) is 10.0 Å². The molecule has 1 atom stereocenters. The van der Waals surface area contributed by atoms with Gasteiger partial charge in [-0.05, 0) is 61.3 Å². The fourth-order valence-electron chi connectivity index (χ4n) is 5.18. The quantitative estimate of drug-likeness (QED) is 0.238. The van der Waals surface area contributed by atoms with Crippen LogP contribution in [-0.2, 0) is 26.7 Å². The van der Waals surface area contributed by atoms with E-state index in [2.05, 4.69) is 9.88 Å². The molecule has 1 unspecified atom stereocenters. The minimum Gasteiger partial charge on any atom is -0.481 e. The van der Waals surface area contributed by atoms with Gasteiger partial charge in [-0.2, -0.15) is 0 Å². The summed E-state index contributed by atoms with van der Waals surface area (Å²) in [5.41, 5.74) is 5.90. The highest BCUT2D eigenvalue weighted by molar-refractivity contribution is 7.88. The van der Waals surface area contributed by atoms with E-state index in [-0.39, 0.29) is 6.04 Å². The zero-order valence-electron chi connectivity index (χ0n) is 22.1. The summed E-state index contributed by atoms with van der Waals surface area (Å²) in [6.07, 6.45) is 4.66. The Morgan fingerprint density at radius 3 is 2.13 bits per heavy atom. The number of aryl methyl sites for hydroxylation is 1. The van der Waals surface area contributed by atoms with Crippen molar-refractivity contribution in [3.63, 3.8) is 0 Å². The van der Waals surface area contributed by atoms with Gasteiger partial charge in [0.15, 0.2) is 5.76 Å². The van der Waals surface area contributed by atoms with E-state index in [1.807, 2.05) is 85.8 Å². The molecule has 1 aromatic heterocycles. The number of carbonyl (C=O) groups is 1. The SMILES string of the molecule is Cc1noc(-c2ccc(-c3ccc(C4(C(=O)O)CC4)cc3)cc2)c1CCCC(NS(C)(=O)=O)c1ccccc1. The van der Waals surface area contributed by atoms with Gasteiger partial charge in [0.25, 0.3) is 0 Å². The van der Waals surface area contributed by atoms with Crippen LogP contribution in [0.15, 0.2) is 83.4 Å². The van der Waals surface area contributed by atoms with Crippen LogP contribution >= 0.6 is 0 Å². The van der Waals surface area contributed by atoms with Crippen molar-refractivity contribution in [2.45, 2.75) is 50.5 Å². The molecule has 5 rings (SSSR count). The fourth-order valence-corrected chi connectivity index (χ4v) is 5.95. The summed E-state index contributed by atoms with van der Waals surface area (Å²) in [7, 11) is -3.36. The molecule has 1 heterocycles. The molecule has 1 aliphatic rings. The summed E-state index contributed by atoms with van der Waals surface area (Å²) in [4.78, 5) is 11.6. The lowest BCUT2D eigenvalue weighted by Gasteiger charge is -2.18. The number of hydrogen-bond donors (Lipinski definition) is 2. The van der Waals surface area contributed by atoms with Gasteiger partial charge >= 0.3 is 5.97 Å². The monoisotopic (exact) mass is 544 g/mol. The molecule has 0 radical (unpaired) electrons. The van der Waals surface area contributed by atoms with Gasteiger partial charge in [0, 0.05) is 17.2 Å². The zero-order valence-corrected chi connectivity index (χ0v) is 22.9. The lowest BCUT2D eigenvalue weighted by atomic mass is 9.93. The van der Waals surface area contributed by atoms with E-state index in [0.29, 0.717) is 25.7 Å². The lowest BCUT2D eigenvalue weighted by molar-refractivity contribution is -0.140. The predicted octanol–water partition coefficient (Wildman–Crippen LogP) is 6.05. The van der Waals surface area contributed by atoms with Crippen LogP contribution in [0.1, 0.15) is 54.1 Å². The van der Waals surface area contributed by atoms with Crippen LogP contribution in [0.4, 0.5) is 0 Å². The van der Waals surface area contributed by atoms with E-state index in [1.54, 1.807) is 0 Å². The Bertz CT molecular complexity index is 1560. The molecule has 1 aliphatic carbocycles. The van der Waals surface area contributed by atoms with Crippen molar-refractivity contribution in [1.82, 2.24) is 9.88 Å². The second-order valence-corrected chi connectivity index (χ2v) is 12.1. The first-order valence-corrected chi connectivity index (χ1v) is 15.0. The average molecular weight is 545 g/mol. The first kappa shape index (κ1) is 26.8. The molecule has 1 saturated carbocycles. The van der Waals surface area contributed by atoms with Gasteiger partial charge in [-0.1, -0.05) is 84.0 Å². The van der Waals surface area contributed by atoms with Crippen molar-refractivity contribution in [1.29, 1.82) is 0 Å². The number of carboxylic acids is 1. The number of aromatic nitrogens is 1. The first-order valence-electron chi connectivity index (χ1n) is 13.1. The van der Waals surface area contributed by atoms with E-state index >= 15 is 0 Å². The van der Waals surface area contributed by atoms with Gasteiger partial charge in [-0.25, -0.2) is 13.1 Å². The highest BCUT2D eigenvalue weighted by atomic mass is 32.2. The summed E-state index contributed by atoms with van der Waals surface area (Å²) in [5, 5.41) is 13.8. The van der Waals surface area contributed by atoms with Crippen LogP contribution < -0.4 is 4.72 Å². The summed E-state index contributed by atoms with van der Waals surface area (Å²) >= 11 is 0. The van der Waals surface area contributed by atoms with E-state index in [1.165, 1.54) is 6.26 Å². The van der Waals surface area contributed by atoms with Crippen LogP contribution in [-0.4, -0.2) is 30.9 Å². The van der Waals surface area contributed by atoms with Crippen LogP contribution in [0.3, 0.4) is 0 Å². The third-order valence-electron chi connectivity index (χ3n) is 7.54. The molecule has 202 valence electrons. The Balaban J connectivity index is 1.29. The molecule has 0 spiro atoms. The largest absolute Gasteiger partial charge is 0.481 e. The maximum absolute atomic E-state index is 12.0. The molecule has 3 aromatic carbocycles. The average Bonchev–Trinajstić information content (AvgIpc) is 3.67. The minimum atomic E-state index is -3.36. The topological polar surface area (TPSA) is 110 Å². The summed E-state index contributed by atoms with van der Waals surface area (Å²) < 4.78 is 32.4. The van der Waals surface area contributed by atoms with Crippen molar-refractivity contribution >= 4 is 16.0 Å². The normalized spacial score (nSPS) is 15.1. The highest BCUT2D eigenvalue weighted by Crippen LogP contribution is 2.48. The van der Waals surface area contributed by atoms with E-state index in [0.717, 1.165) is 51.3 Å². The third-order valence-corrected chi connectivity index (χ3v) is 8.25. The Morgan fingerprint density at radius 1 is 0.974 bits per heavy atom. The van der Waals surface area contributed by atoms with Crippen molar-refractivity contribution in [2.24, 2.45) is 0 Å². The number of nitrogens with one attached hydrogen (secondary N) is 1. The van der Waals surface area contributed by atoms with Gasteiger partial charge in [0.05, 0.1) is 17.4 Å². The molecular weight excluding hydrogens is 512 g/mol. The second-order valence-electron chi connectivity index (χ2n) is 10.4. The molecule has 0 saturated heterocycles. The maximum atomic E-state index is 12.0. The Kier molecular flexibility index (Phi) is 7.42. The van der Waals surface area contributed by atoms with Crippen LogP contribution in [0.25, 0.3) is 22.5 Å². The van der Waals surface area contributed by atoms with E-state index in [9.17, 15) is 18.3 Å². The van der Waals surface area contributed by atoms with Gasteiger partial charge in [-0.3, -0.25) is 4.79 Å². The van der Waals surface area contributed by atoms with Gasteiger partial charge in [-0.15, -0.1) is 0 Å². The lowest BCUT2D eigenvalue weighted by Crippen LogP contribution is -2.27. The Labute approximate surface area is 228 Å². The summed E-state index contributed by atoms with van der Waals surface area (Å²) in [6.45, 7) is 1.92. The van der Waals surface area contributed by atoms with E-state index < -0.39 is 21.4 Å². The van der Waals surface area contributed by atoms with Gasteiger partial charge < -0.3 is 9.63 Å². The molecular formula is C31H32N2O5S. The zero-order chi connectivity index (χ0) is 27.6. The van der Waals surface area contributed by atoms with E-state index in [4.69, 9.17) is 4.52 Å². The molecule has 0 amide bonds. The molecule has 8 heteroatoms. The molecule has 0 aliphatic heterocycles. The second kappa shape index (κ2) is 10.8. The molecule has 7 nitrogen and oxygen atoms in total. The molecule has 1 fully saturated rings. The van der Waals surface area contributed by atoms with Crippen molar-refractivity contribution < 1.29 is 22.8 Å². The molecule has 4 aromatic rings. The summed E-state index contributed by atoms with van der Waals surface area (Å²) in [6, 6.07) is 25.2. The molecule has 39 heavy (non-hydrogen) atoms. The minimum absolute atomic E-state index is 0.305.